The first kappa shape index (κ1) is 18.8. The molecule has 6 nitrogen and oxygen atoms in total. The zero-order valence-electron chi connectivity index (χ0n) is 16.2. The number of aromatic nitrogens is 4. The molecule has 0 saturated heterocycles. The summed E-state index contributed by atoms with van der Waals surface area (Å²) in [6.07, 6.45) is 4.80. The van der Waals surface area contributed by atoms with Crippen molar-refractivity contribution in [2.45, 2.75) is 13.3 Å². The van der Waals surface area contributed by atoms with Crippen molar-refractivity contribution in [1.29, 1.82) is 0 Å². The molecule has 2 N–H and O–H groups in total. The van der Waals surface area contributed by atoms with E-state index < -0.39 is 17.5 Å². The maximum absolute atomic E-state index is 14.8. The monoisotopic (exact) mass is 395 g/mol. The lowest BCUT2D eigenvalue weighted by atomic mass is 9.94. The van der Waals surface area contributed by atoms with Gasteiger partial charge in [-0.15, -0.1) is 0 Å². The zero-order chi connectivity index (χ0) is 20.9. The number of rotatable bonds is 4. The van der Waals surface area contributed by atoms with E-state index in [0.29, 0.717) is 27.7 Å². The van der Waals surface area contributed by atoms with E-state index in [4.69, 9.17) is 5.73 Å². The summed E-state index contributed by atoms with van der Waals surface area (Å²) in [6.45, 7) is 1.84. The van der Waals surface area contributed by atoms with Gasteiger partial charge in [-0.05, 0) is 29.7 Å². The van der Waals surface area contributed by atoms with E-state index >= 15 is 0 Å². The van der Waals surface area contributed by atoms with Crippen molar-refractivity contribution >= 4 is 16.9 Å². The van der Waals surface area contributed by atoms with E-state index in [9.17, 15) is 13.6 Å². The number of carbonyl (C=O) groups is 1. The smallest absolute Gasteiger partial charge is 0.250 e. The Labute approximate surface area is 165 Å². The average molecular weight is 395 g/mol. The highest BCUT2D eigenvalue weighted by molar-refractivity contribution is 6.05. The minimum absolute atomic E-state index is 0.106. The van der Waals surface area contributed by atoms with Crippen LogP contribution in [0.1, 0.15) is 27.0 Å². The fraction of sp³-hybridized carbons (Fsp3) is 0.190. The van der Waals surface area contributed by atoms with Crippen LogP contribution in [-0.4, -0.2) is 25.2 Å². The number of imidazole rings is 1. The van der Waals surface area contributed by atoms with Crippen molar-refractivity contribution < 1.29 is 13.6 Å². The first-order chi connectivity index (χ1) is 13.8. The Morgan fingerprint density at radius 3 is 2.59 bits per heavy atom. The molecule has 2 heterocycles. The van der Waals surface area contributed by atoms with Gasteiger partial charge in [0.2, 0.25) is 0 Å². The Balaban J connectivity index is 1.80. The highest BCUT2D eigenvalue weighted by Crippen LogP contribution is 2.30. The van der Waals surface area contributed by atoms with Crippen LogP contribution in [0, 0.1) is 18.6 Å². The number of nitrogens with two attached hydrogens (primary N) is 1. The summed E-state index contributed by atoms with van der Waals surface area (Å²) >= 11 is 0. The number of benzene rings is 2. The van der Waals surface area contributed by atoms with Crippen LogP contribution in [0.25, 0.3) is 22.2 Å². The summed E-state index contributed by atoms with van der Waals surface area (Å²) in [5.74, 6) is -2.45. The lowest BCUT2D eigenvalue weighted by Gasteiger charge is -2.12. The van der Waals surface area contributed by atoms with Gasteiger partial charge in [-0.25, -0.2) is 13.8 Å². The number of nitrogens with zero attached hydrogens (tertiary/aromatic N) is 4. The molecule has 8 heteroatoms. The van der Waals surface area contributed by atoms with Crippen LogP contribution in [0.3, 0.4) is 0 Å². The molecule has 0 atom stereocenters. The molecule has 0 bridgehead atoms. The molecule has 0 unspecified atom stereocenters. The van der Waals surface area contributed by atoms with Crippen LogP contribution in [0.4, 0.5) is 8.78 Å². The van der Waals surface area contributed by atoms with Crippen molar-refractivity contribution in [1.82, 2.24) is 19.3 Å². The molecule has 1 amide bonds. The molecule has 0 aliphatic rings. The first-order valence-electron chi connectivity index (χ1n) is 8.97. The zero-order valence-corrected chi connectivity index (χ0v) is 16.2. The van der Waals surface area contributed by atoms with Crippen molar-refractivity contribution in [3.8, 4) is 11.1 Å². The number of fused-ring (bicyclic) bond motifs is 1. The van der Waals surface area contributed by atoms with Gasteiger partial charge in [-0.3, -0.25) is 9.48 Å². The van der Waals surface area contributed by atoms with E-state index in [1.54, 1.807) is 43.3 Å². The lowest BCUT2D eigenvalue weighted by Crippen LogP contribution is -2.14. The number of hydrogen-bond donors (Lipinski definition) is 1. The van der Waals surface area contributed by atoms with Crippen molar-refractivity contribution in [2.24, 2.45) is 19.8 Å². The molecule has 4 aromatic rings. The number of halogens is 2. The van der Waals surface area contributed by atoms with E-state index in [1.807, 2.05) is 6.92 Å². The molecule has 0 saturated carbocycles. The third-order valence-corrected chi connectivity index (χ3v) is 5.17. The van der Waals surface area contributed by atoms with Crippen LogP contribution in [0.15, 0.2) is 36.9 Å². The normalized spacial score (nSPS) is 11.3. The van der Waals surface area contributed by atoms with E-state index in [0.717, 1.165) is 5.56 Å². The van der Waals surface area contributed by atoms with Crippen molar-refractivity contribution in [3.63, 3.8) is 0 Å². The summed E-state index contributed by atoms with van der Waals surface area (Å²) in [6, 6.07) is 4.72. The molecule has 29 heavy (non-hydrogen) atoms. The molecule has 0 aliphatic heterocycles. The van der Waals surface area contributed by atoms with Gasteiger partial charge < -0.3 is 10.3 Å². The highest BCUT2D eigenvalue weighted by Gasteiger charge is 2.20. The number of aryl methyl sites for hydroxylation is 3. The first-order valence-corrected chi connectivity index (χ1v) is 8.97. The number of carbonyl (C=O) groups excluding carboxylic acids is 1. The molecule has 2 aromatic heterocycles. The summed E-state index contributed by atoms with van der Waals surface area (Å²) < 4.78 is 32.8. The Morgan fingerprint density at radius 2 is 1.93 bits per heavy atom. The van der Waals surface area contributed by atoms with Gasteiger partial charge in [0.05, 0.1) is 29.1 Å². The summed E-state index contributed by atoms with van der Waals surface area (Å²) in [4.78, 5) is 16.3. The van der Waals surface area contributed by atoms with Gasteiger partial charge in [0.1, 0.15) is 0 Å². The van der Waals surface area contributed by atoms with Gasteiger partial charge in [-0.2, -0.15) is 5.10 Å². The molecule has 0 radical (unpaired) electrons. The molecular weight excluding hydrogens is 376 g/mol. The van der Waals surface area contributed by atoms with Crippen LogP contribution in [0.2, 0.25) is 0 Å². The number of hydrogen-bond acceptors (Lipinski definition) is 3. The maximum Gasteiger partial charge on any atom is 0.250 e. The predicted octanol–water partition coefficient (Wildman–Crippen LogP) is 3.25. The minimum atomic E-state index is -0.929. The summed E-state index contributed by atoms with van der Waals surface area (Å²) in [5.41, 5.74) is 9.36. The Hall–Kier alpha value is -3.55. The quantitative estimate of drug-likeness (QED) is 0.576. The van der Waals surface area contributed by atoms with Gasteiger partial charge in [-0.1, -0.05) is 12.1 Å². The molecule has 4 rings (SSSR count). The second-order valence-electron chi connectivity index (χ2n) is 7.10. The molecule has 2 aromatic carbocycles. The maximum atomic E-state index is 14.8. The molecule has 0 spiro atoms. The second-order valence-corrected chi connectivity index (χ2v) is 7.10. The second kappa shape index (κ2) is 6.80. The SMILES string of the molecule is Cc1c(Cc2ccc(-c3cnn(C)c3)c(F)c2F)cc(C(N)=O)c2c1ncn2C. The predicted molar refractivity (Wildman–Crippen MR) is 105 cm³/mol. The highest BCUT2D eigenvalue weighted by atomic mass is 19.2. The van der Waals surface area contributed by atoms with E-state index in [-0.39, 0.29) is 17.5 Å². The number of amides is 1. The van der Waals surface area contributed by atoms with Gasteiger partial charge in [0.15, 0.2) is 11.6 Å². The summed E-state index contributed by atoms with van der Waals surface area (Å²) in [7, 11) is 3.48. The Morgan fingerprint density at radius 1 is 1.17 bits per heavy atom. The van der Waals surface area contributed by atoms with Gasteiger partial charge in [0.25, 0.3) is 5.91 Å². The fourth-order valence-corrected chi connectivity index (χ4v) is 3.61. The number of primary amides is 1. The van der Waals surface area contributed by atoms with Crippen molar-refractivity contribution in [3.05, 3.63) is 70.8 Å². The topological polar surface area (TPSA) is 78.7 Å². The van der Waals surface area contributed by atoms with Crippen LogP contribution in [0.5, 0.6) is 0 Å². The molecular formula is C21H19F2N5O. The third-order valence-electron chi connectivity index (χ3n) is 5.17. The standard InChI is InChI=1S/C21H19F2N5O/c1-11-13(7-16(21(24)29)20-19(11)25-10-27(20)2)6-12-4-5-15(18(23)17(12)22)14-8-26-28(3)9-14/h4-5,7-10H,6H2,1-3H3,(H2,24,29). The average Bonchev–Trinajstić information content (AvgIpc) is 3.27. The van der Waals surface area contributed by atoms with Crippen molar-refractivity contribution in [2.75, 3.05) is 0 Å². The molecule has 0 aliphatic carbocycles. The van der Waals surface area contributed by atoms with Gasteiger partial charge >= 0.3 is 0 Å². The lowest BCUT2D eigenvalue weighted by molar-refractivity contribution is 0.100. The molecule has 0 fully saturated rings. The largest absolute Gasteiger partial charge is 0.366 e. The van der Waals surface area contributed by atoms with E-state index in [2.05, 4.69) is 10.1 Å². The Kier molecular flexibility index (Phi) is 4.41. The van der Waals surface area contributed by atoms with E-state index in [1.165, 1.54) is 16.9 Å². The van der Waals surface area contributed by atoms with Gasteiger partial charge in [0, 0.05) is 37.8 Å². The minimum Gasteiger partial charge on any atom is -0.366 e. The fourth-order valence-electron chi connectivity index (χ4n) is 3.61. The van der Waals surface area contributed by atoms with Crippen LogP contribution < -0.4 is 5.73 Å². The van der Waals surface area contributed by atoms with Crippen LogP contribution in [-0.2, 0) is 20.5 Å². The molecule has 148 valence electrons. The summed E-state index contributed by atoms with van der Waals surface area (Å²) in [5, 5.41) is 4.00. The van der Waals surface area contributed by atoms with Crippen LogP contribution >= 0.6 is 0 Å². The Bertz CT molecular complexity index is 1270. The third kappa shape index (κ3) is 3.06.